The molecule has 0 aromatic carbocycles. The SMILES string of the molecule is CC1(OCC(=O)NC2C3C4CCC(C4)C23)CNC1. The molecule has 4 heteroatoms. The summed E-state index contributed by atoms with van der Waals surface area (Å²) in [6.45, 7) is 4.00. The molecule has 1 amide bonds. The lowest BCUT2D eigenvalue weighted by Crippen LogP contribution is -2.59. The van der Waals surface area contributed by atoms with Gasteiger partial charge in [0.1, 0.15) is 6.61 Å². The molecule has 2 bridgehead atoms. The van der Waals surface area contributed by atoms with Crippen LogP contribution in [0.4, 0.5) is 0 Å². The Balaban J connectivity index is 1.25. The highest BCUT2D eigenvalue weighted by atomic mass is 16.5. The number of rotatable bonds is 4. The van der Waals surface area contributed by atoms with Crippen molar-refractivity contribution in [1.82, 2.24) is 10.6 Å². The van der Waals surface area contributed by atoms with Crippen LogP contribution < -0.4 is 10.6 Å². The van der Waals surface area contributed by atoms with Crippen molar-refractivity contribution in [3.05, 3.63) is 0 Å². The molecule has 3 saturated carbocycles. The van der Waals surface area contributed by atoms with Gasteiger partial charge in [-0.15, -0.1) is 0 Å². The average molecular weight is 250 g/mol. The number of hydrogen-bond donors (Lipinski definition) is 2. The summed E-state index contributed by atoms with van der Waals surface area (Å²) in [4.78, 5) is 11.9. The molecular weight excluding hydrogens is 228 g/mol. The predicted molar refractivity (Wildman–Crippen MR) is 67.0 cm³/mol. The quantitative estimate of drug-likeness (QED) is 0.765. The molecule has 4 rings (SSSR count). The third kappa shape index (κ3) is 1.62. The molecule has 0 radical (unpaired) electrons. The van der Waals surface area contributed by atoms with Crippen molar-refractivity contribution < 1.29 is 9.53 Å². The zero-order valence-electron chi connectivity index (χ0n) is 10.9. The van der Waals surface area contributed by atoms with E-state index in [9.17, 15) is 4.79 Å². The monoisotopic (exact) mass is 250 g/mol. The van der Waals surface area contributed by atoms with Crippen LogP contribution in [0.25, 0.3) is 0 Å². The predicted octanol–water partition coefficient (Wildman–Crippen LogP) is 0.526. The van der Waals surface area contributed by atoms with E-state index < -0.39 is 0 Å². The molecule has 4 unspecified atom stereocenters. The van der Waals surface area contributed by atoms with Gasteiger partial charge in [0.15, 0.2) is 0 Å². The van der Waals surface area contributed by atoms with E-state index in [0.29, 0.717) is 6.04 Å². The Bertz CT molecular complexity index is 364. The molecule has 4 atom stereocenters. The number of nitrogens with one attached hydrogen (secondary N) is 2. The van der Waals surface area contributed by atoms with Crippen LogP contribution >= 0.6 is 0 Å². The number of carbonyl (C=O) groups excluding carboxylic acids is 1. The van der Waals surface area contributed by atoms with E-state index in [0.717, 1.165) is 36.8 Å². The summed E-state index contributed by atoms with van der Waals surface area (Å²) in [5, 5.41) is 6.37. The van der Waals surface area contributed by atoms with Crippen molar-refractivity contribution in [3.63, 3.8) is 0 Å². The van der Waals surface area contributed by atoms with Crippen LogP contribution in [-0.4, -0.2) is 37.2 Å². The Morgan fingerprint density at radius 3 is 2.56 bits per heavy atom. The highest BCUT2D eigenvalue weighted by Crippen LogP contribution is 2.65. The molecule has 2 N–H and O–H groups in total. The first-order chi connectivity index (χ1) is 8.66. The molecule has 4 nitrogen and oxygen atoms in total. The van der Waals surface area contributed by atoms with E-state index in [1.54, 1.807) is 0 Å². The average Bonchev–Trinajstić information content (AvgIpc) is 2.73. The van der Waals surface area contributed by atoms with Crippen molar-refractivity contribution in [2.45, 2.75) is 37.8 Å². The third-order valence-electron chi connectivity index (χ3n) is 5.61. The molecule has 18 heavy (non-hydrogen) atoms. The topological polar surface area (TPSA) is 50.4 Å². The molecule has 0 aromatic heterocycles. The van der Waals surface area contributed by atoms with E-state index in [4.69, 9.17) is 4.74 Å². The second-order valence-electron chi connectivity index (χ2n) is 6.92. The first-order valence-electron chi connectivity index (χ1n) is 7.30. The second-order valence-corrected chi connectivity index (χ2v) is 6.92. The lowest BCUT2D eigenvalue weighted by Gasteiger charge is -2.38. The van der Waals surface area contributed by atoms with Gasteiger partial charge in [0, 0.05) is 19.1 Å². The fourth-order valence-corrected chi connectivity index (χ4v) is 4.56. The van der Waals surface area contributed by atoms with Gasteiger partial charge in [0.2, 0.25) is 5.91 Å². The summed E-state index contributed by atoms with van der Waals surface area (Å²) in [5.74, 6) is 3.54. The molecule has 100 valence electrons. The molecule has 1 saturated heterocycles. The van der Waals surface area contributed by atoms with Gasteiger partial charge in [0.05, 0.1) is 5.60 Å². The largest absolute Gasteiger partial charge is 0.363 e. The van der Waals surface area contributed by atoms with Crippen molar-refractivity contribution in [1.29, 1.82) is 0 Å². The highest BCUT2D eigenvalue weighted by Gasteiger charge is 2.65. The van der Waals surface area contributed by atoms with Crippen molar-refractivity contribution in [3.8, 4) is 0 Å². The smallest absolute Gasteiger partial charge is 0.246 e. The van der Waals surface area contributed by atoms with Crippen LogP contribution in [0, 0.1) is 23.7 Å². The van der Waals surface area contributed by atoms with Crippen molar-refractivity contribution >= 4 is 5.91 Å². The molecule has 0 spiro atoms. The zero-order chi connectivity index (χ0) is 12.3. The number of ether oxygens (including phenoxy) is 1. The molecule has 4 aliphatic rings. The maximum Gasteiger partial charge on any atom is 0.246 e. The zero-order valence-corrected chi connectivity index (χ0v) is 10.9. The lowest BCUT2D eigenvalue weighted by atomic mass is 10.0. The molecule has 1 aliphatic heterocycles. The van der Waals surface area contributed by atoms with Gasteiger partial charge in [-0.1, -0.05) is 0 Å². The van der Waals surface area contributed by atoms with Crippen molar-refractivity contribution in [2.24, 2.45) is 23.7 Å². The van der Waals surface area contributed by atoms with Gasteiger partial charge in [-0.3, -0.25) is 4.79 Å². The molecule has 1 heterocycles. The minimum atomic E-state index is -0.115. The minimum Gasteiger partial charge on any atom is -0.363 e. The Labute approximate surface area is 108 Å². The fraction of sp³-hybridized carbons (Fsp3) is 0.929. The normalized spacial score (nSPS) is 46.4. The van der Waals surface area contributed by atoms with Crippen LogP contribution in [0.1, 0.15) is 26.2 Å². The van der Waals surface area contributed by atoms with E-state index in [1.165, 1.54) is 19.3 Å². The third-order valence-corrected chi connectivity index (χ3v) is 5.61. The van der Waals surface area contributed by atoms with Gasteiger partial charge in [-0.25, -0.2) is 0 Å². The maximum absolute atomic E-state index is 11.9. The standard InChI is InChI=1S/C14H22N2O2/c1-14(6-15-7-14)18-5-10(17)16-13-11-8-2-3-9(4-8)12(11)13/h8-9,11-13,15H,2-7H2,1H3,(H,16,17). The summed E-state index contributed by atoms with van der Waals surface area (Å²) >= 11 is 0. The van der Waals surface area contributed by atoms with Gasteiger partial charge in [-0.2, -0.15) is 0 Å². The number of fused-ring (bicyclic) bond motifs is 5. The fourth-order valence-electron chi connectivity index (χ4n) is 4.56. The van der Waals surface area contributed by atoms with Crippen LogP contribution in [0.2, 0.25) is 0 Å². The van der Waals surface area contributed by atoms with Gasteiger partial charge >= 0.3 is 0 Å². The lowest BCUT2D eigenvalue weighted by molar-refractivity contribution is -0.136. The summed E-state index contributed by atoms with van der Waals surface area (Å²) in [6.07, 6.45) is 4.23. The van der Waals surface area contributed by atoms with E-state index >= 15 is 0 Å². The molecular formula is C14H22N2O2. The Morgan fingerprint density at radius 1 is 1.33 bits per heavy atom. The number of carbonyl (C=O) groups is 1. The first-order valence-corrected chi connectivity index (χ1v) is 7.30. The van der Waals surface area contributed by atoms with Gasteiger partial charge in [0.25, 0.3) is 0 Å². The Hall–Kier alpha value is -0.610. The minimum absolute atomic E-state index is 0.0851. The molecule has 0 aromatic rings. The van der Waals surface area contributed by atoms with Gasteiger partial charge in [-0.05, 0) is 49.9 Å². The second kappa shape index (κ2) is 3.70. The van der Waals surface area contributed by atoms with E-state index in [2.05, 4.69) is 17.6 Å². The highest BCUT2D eigenvalue weighted by molar-refractivity contribution is 5.78. The summed E-state index contributed by atoms with van der Waals surface area (Å²) in [5.41, 5.74) is -0.115. The van der Waals surface area contributed by atoms with Crippen molar-refractivity contribution in [2.75, 3.05) is 19.7 Å². The maximum atomic E-state index is 11.9. The van der Waals surface area contributed by atoms with Crippen LogP contribution in [-0.2, 0) is 9.53 Å². The summed E-state index contributed by atoms with van der Waals surface area (Å²) in [6, 6.07) is 0.486. The van der Waals surface area contributed by atoms with Crippen LogP contribution in [0.15, 0.2) is 0 Å². The number of hydrogen-bond acceptors (Lipinski definition) is 3. The Morgan fingerprint density at radius 2 is 2.00 bits per heavy atom. The van der Waals surface area contributed by atoms with Gasteiger partial charge < -0.3 is 15.4 Å². The van der Waals surface area contributed by atoms with E-state index in [-0.39, 0.29) is 18.1 Å². The molecule has 4 fully saturated rings. The van der Waals surface area contributed by atoms with Crippen LogP contribution in [0.5, 0.6) is 0 Å². The van der Waals surface area contributed by atoms with E-state index in [1.807, 2.05) is 0 Å². The number of amides is 1. The van der Waals surface area contributed by atoms with Crippen LogP contribution in [0.3, 0.4) is 0 Å². The first kappa shape index (κ1) is 11.2. The summed E-state index contributed by atoms with van der Waals surface area (Å²) in [7, 11) is 0. The molecule has 3 aliphatic carbocycles. The Kier molecular flexibility index (Phi) is 2.31. The summed E-state index contributed by atoms with van der Waals surface area (Å²) < 4.78 is 5.67.